The molecule has 1 unspecified atom stereocenters. The van der Waals surface area contributed by atoms with Crippen LogP contribution in [0.1, 0.15) is 25.8 Å². The van der Waals surface area contributed by atoms with Crippen LogP contribution >= 0.6 is 11.8 Å². The van der Waals surface area contributed by atoms with E-state index >= 15 is 0 Å². The number of nitrogens with zero attached hydrogens (tertiary/aromatic N) is 4. The number of hydrogen-bond donors (Lipinski definition) is 1. The van der Waals surface area contributed by atoms with Gasteiger partial charge in [-0.05, 0) is 18.6 Å². The van der Waals surface area contributed by atoms with Gasteiger partial charge in [0.15, 0.2) is 5.16 Å². The Hall–Kier alpha value is -0.690. The average molecular weight is 324 g/mol. The van der Waals surface area contributed by atoms with E-state index in [1.807, 2.05) is 18.6 Å². The summed E-state index contributed by atoms with van der Waals surface area (Å²) in [7, 11) is 0. The molecule has 124 valence electrons. The first-order chi connectivity index (χ1) is 10.6. The molecule has 5 nitrogen and oxygen atoms in total. The lowest BCUT2D eigenvalue weighted by Crippen LogP contribution is -2.53. The molecule has 0 bridgehead atoms. The van der Waals surface area contributed by atoms with E-state index in [1.165, 1.54) is 0 Å². The third kappa shape index (κ3) is 5.19. The van der Waals surface area contributed by atoms with Crippen LogP contribution in [0, 0.1) is 5.92 Å². The van der Waals surface area contributed by atoms with Crippen LogP contribution in [0.2, 0.25) is 0 Å². The van der Waals surface area contributed by atoms with E-state index in [2.05, 4.69) is 33.6 Å². The van der Waals surface area contributed by atoms with Crippen LogP contribution < -0.4 is 0 Å². The van der Waals surface area contributed by atoms with E-state index in [-0.39, 0.29) is 6.61 Å². The average Bonchev–Trinajstić information content (AvgIpc) is 2.50. The largest absolute Gasteiger partial charge is 0.396 e. The van der Waals surface area contributed by atoms with Gasteiger partial charge < -0.3 is 5.11 Å². The molecular formula is C16H28N4OS. The molecule has 0 spiro atoms. The minimum atomic E-state index is 0.263. The Balaban J connectivity index is 1.92. The number of hydrogen-bond acceptors (Lipinski definition) is 6. The van der Waals surface area contributed by atoms with E-state index in [0.29, 0.717) is 12.0 Å². The van der Waals surface area contributed by atoms with Crippen LogP contribution in [0.25, 0.3) is 0 Å². The molecule has 1 aromatic heterocycles. The van der Waals surface area contributed by atoms with Crippen LogP contribution in [0.15, 0.2) is 17.6 Å². The zero-order chi connectivity index (χ0) is 15.9. The maximum atomic E-state index is 9.34. The first kappa shape index (κ1) is 17.7. The normalized spacial score (nSPS) is 20.7. The predicted octanol–water partition coefficient (Wildman–Crippen LogP) is 1.72. The minimum Gasteiger partial charge on any atom is -0.396 e. The van der Waals surface area contributed by atoms with E-state index in [9.17, 15) is 5.11 Å². The number of aliphatic hydroxyl groups excluding tert-OH is 1. The summed E-state index contributed by atoms with van der Waals surface area (Å²) in [6.07, 6.45) is 6.70. The molecule has 1 N–H and O–H groups in total. The van der Waals surface area contributed by atoms with Crippen molar-refractivity contribution in [2.24, 2.45) is 5.92 Å². The Bertz CT molecular complexity index is 440. The van der Waals surface area contributed by atoms with Gasteiger partial charge in [0.1, 0.15) is 0 Å². The maximum absolute atomic E-state index is 9.34. The molecule has 1 fully saturated rings. The van der Waals surface area contributed by atoms with Crippen molar-refractivity contribution in [3.05, 3.63) is 18.0 Å². The number of thioether (sulfide) groups is 1. The van der Waals surface area contributed by atoms with Gasteiger partial charge in [-0.1, -0.05) is 25.6 Å². The van der Waals surface area contributed by atoms with E-state index in [1.54, 1.807) is 11.8 Å². The second kappa shape index (κ2) is 8.82. The van der Waals surface area contributed by atoms with Crippen LogP contribution in [0.5, 0.6) is 0 Å². The molecule has 22 heavy (non-hydrogen) atoms. The van der Waals surface area contributed by atoms with Crippen LogP contribution in [-0.4, -0.2) is 70.0 Å². The van der Waals surface area contributed by atoms with Gasteiger partial charge in [0.05, 0.1) is 0 Å². The smallest absolute Gasteiger partial charge is 0.187 e. The minimum absolute atomic E-state index is 0.263. The lowest BCUT2D eigenvalue weighted by Gasteiger charge is -2.42. The van der Waals surface area contributed by atoms with E-state index in [0.717, 1.165) is 49.9 Å². The van der Waals surface area contributed by atoms with Crippen molar-refractivity contribution in [1.29, 1.82) is 0 Å². The van der Waals surface area contributed by atoms with Gasteiger partial charge in [0, 0.05) is 63.3 Å². The van der Waals surface area contributed by atoms with Crippen molar-refractivity contribution in [2.45, 2.75) is 38.0 Å². The highest BCUT2D eigenvalue weighted by Gasteiger charge is 2.26. The summed E-state index contributed by atoms with van der Waals surface area (Å²) in [5.74, 6) is 0.667. The predicted molar refractivity (Wildman–Crippen MR) is 91.0 cm³/mol. The van der Waals surface area contributed by atoms with Gasteiger partial charge in [0.2, 0.25) is 0 Å². The first-order valence-electron chi connectivity index (χ1n) is 8.04. The summed E-state index contributed by atoms with van der Waals surface area (Å²) in [6.45, 7) is 9.94. The summed E-state index contributed by atoms with van der Waals surface area (Å²) in [6, 6.07) is 0.451. The molecule has 1 aliphatic rings. The van der Waals surface area contributed by atoms with E-state index < -0.39 is 0 Å². The lowest BCUT2D eigenvalue weighted by molar-refractivity contribution is 0.0476. The molecule has 1 atom stereocenters. The third-order valence-corrected chi connectivity index (χ3v) is 4.60. The Kier molecular flexibility index (Phi) is 7.08. The lowest BCUT2D eigenvalue weighted by atomic mass is 10.1. The Labute approximate surface area is 138 Å². The van der Waals surface area contributed by atoms with Gasteiger partial charge in [-0.2, -0.15) is 0 Å². The van der Waals surface area contributed by atoms with Crippen LogP contribution in [0.3, 0.4) is 0 Å². The fourth-order valence-electron chi connectivity index (χ4n) is 3.02. The quantitative estimate of drug-likeness (QED) is 0.609. The zero-order valence-electron chi connectivity index (χ0n) is 13.9. The molecule has 1 aliphatic heterocycles. The first-order valence-corrected chi connectivity index (χ1v) is 9.27. The number of rotatable bonds is 7. The Morgan fingerprint density at radius 1 is 1.32 bits per heavy atom. The molecule has 2 rings (SSSR count). The second-order valence-electron chi connectivity index (χ2n) is 6.37. The fraction of sp³-hybridized carbons (Fsp3) is 0.750. The molecule has 1 saturated heterocycles. The Morgan fingerprint density at radius 2 is 2.05 bits per heavy atom. The van der Waals surface area contributed by atoms with Gasteiger partial charge in [-0.3, -0.25) is 9.80 Å². The Morgan fingerprint density at radius 3 is 2.64 bits per heavy atom. The molecule has 0 aromatic carbocycles. The van der Waals surface area contributed by atoms with Gasteiger partial charge in [0.25, 0.3) is 0 Å². The highest BCUT2D eigenvalue weighted by Crippen LogP contribution is 2.17. The number of aliphatic hydroxyl groups is 1. The van der Waals surface area contributed by atoms with Crippen LogP contribution in [0.4, 0.5) is 0 Å². The molecule has 6 heteroatoms. The molecule has 0 amide bonds. The van der Waals surface area contributed by atoms with Crippen LogP contribution in [-0.2, 0) is 6.54 Å². The van der Waals surface area contributed by atoms with Crippen molar-refractivity contribution in [3.63, 3.8) is 0 Å². The van der Waals surface area contributed by atoms with E-state index in [4.69, 9.17) is 0 Å². The highest BCUT2D eigenvalue weighted by atomic mass is 32.2. The fourth-order valence-corrected chi connectivity index (χ4v) is 3.34. The SMILES string of the molecule is CSc1ncc(CN2CCN(CC(C)C)C(CCO)C2)cn1. The number of piperazine rings is 1. The van der Waals surface area contributed by atoms with Crippen molar-refractivity contribution >= 4 is 11.8 Å². The van der Waals surface area contributed by atoms with Crippen molar-refractivity contribution in [3.8, 4) is 0 Å². The second-order valence-corrected chi connectivity index (χ2v) is 7.14. The van der Waals surface area contributed by atoms with Gasteiger partial charge in [-0.25, -0.2) is 9.97 Å². The summed E-state index contributed by atoms with van der Waals surface area (Å²) < 4.78 is 0. The van der Waals surface area contributed by atoms with Crippen molar-refractivity contribution in [1.82, 2.24) is 19.8 Å². The molecule has 0 radical (unpaired) electrons. The molecule has 2 heterocycles. The number of aromatic nitrogens is 2. The molecular weight excluding hydrogens is 296 g/mol. The van der Waals surface area contributed by atoms with Gasteiger partial charge >= 0.3 is 0 Å². The maximum Gasteiger partial charge on any atom is 0.187 e. The monoisotopic (exact) mass is 324 g/mol. The van der Waals surface area contributed by atoms with Gasteiger partial charge in [-0.15, -0.1) is 0 Å². The summed E-state index contributed by atoms with van der Waals surface area (Å²) >= 11 is 1.57. The zero-order valence-corrected chi connectivity index (χ0v) is 14.7. The topological polar surface area (TPSA) is 52.5 Å². The van der Waals surface area contributed by atoms with Crippen molar-refractivity contribution in [2.75, 3.05) is 39.0 Å². The molecule has 0 saturated carbocycles. The summed E-state index contributed by atoms with van der Waals surface area (Å²) in [4.78, 5) is 13.7. The summed E-state index contributed by atoms with van der Waals surface area (Å²) in [5, 5.41) is 10.2. The molecule has 1 aromatic rings. The molecule has 0 aliphatic carbocycles. The summed E-state index contributed by atoms with van der Waals surface area (Å²) in [5.41, 5.74) is 1.16. The highest BCUT2D eigenvalue weighted by molar-refractivity contribution is 7.98. The third-order valence-electron chi connectivity index (χ3n) is 4.02. The standard InChI is InChI=1S/C16H28N4OS/c1-13(2)10-20-6-5-19(12-15(20)4-7-21)11-14-8-17-16(22-3)18-9-14/h8-9,13,15,21H,4-7,10-12H2,1-3H3. The van der Waals surface area contributed by atoms with Crippen molar-refractivity contribution < 1.29 is 5.11 Å².